The lowest BCUT2D eigenvalue weighted by atomic mass is 9.80. The number of nitrogens with one attached hydrogen (secondary N) is 1. The predicted octanol–water partition coefficient (Wildman–Crippen LogP) is 1.75. The first-order valence-electron chi connectivity index (χ1n) is 8.70. The Bertz CT molecular complexity index is 858. The van der Waals surface area contributed by atoms with E-state index in [0.717, 1.165) is 12.1 Å². The molecule has 1 saturated carbocycles. The number of hydrogen-bond acceptors (Lipinski definition) is 4. The number of carbonyl (C=O) groups excluding carboxylic acids is 3. The summed E-state index contributed by atoms with van der Waals surface area (Å²) >= 11 is 0. The molecule has 0 aliphatic heterocycles. The van der Waals surface area contributed by atoms with E-state index in [1.807, 2.05) is 6.08 Å². The lowest BCUT2D eigenvalue weighted by molar-refractivity contribution is -0.134. The number of allylic oxidation sites excluding steroid dienone is 3. The Labute approximate surface area is 155 Å². The van der Waals surface area contributed by atoms with Crippen molar-refractivity contribution in [3.8, 4) is 0 Å². The molecular weight excluding hydrogens is 354 g/mol. The van der Waals surface area contributed by atoms with Crippen LogP contribution in [0.15, 0.2) is 42.0 Å². The molecule has 0 radical (unpaired) electrons. The molecule has 2 aliphatic rings. The van der Waals surface area contributed by atoms with Crippen LogP contribution in [0, 0.1) is 17.6 Å². The van der Waals surface area contributed by atoms with Gasteiger partial charge in [-0.2, -0.15) is 0 Å². The molecule has 0 heterocycles. The Morgan fingerprint density at radius 1 is 1.30 bits per heavy atom. The molecule has 0 spiro atoms. The molecule has 0 bridgehead atoms. The highest BCUT2D eigenvalue weighted by Gasteiger charge is 2.54. The van der Waals surface area contributed by atoms with Gasteiger partial charge in [0.05, 0.1) is 12.5 Å². The Kier molecular flexibility index (Phi) is 5.06. The number of hydrogen-bond donors (Lipinski definition) is 2. The van der Waals surface area contributed by atoms with Crippen molar-refractivity contribution in [2.75, 3.05) is 0 Å². The van der Waals surface area contributed by atoms with Crippen molar-refractivity contribution >= 4 is 17.5 Å². The third-order valence-electron chi connectivity index (χ3n) is 5.05. The molecule has 3 rings (SSSR count). The summed E-state index contributed by atoms with van der Waals surface area (Å²) in [6, 6.07) is 1.78. The molecule has 3 atom stereocenters. The number of halogens is 2. The molecule has 0 aromatic heterocycles. The first-order chi connectivity index (χ1) is 12.7. The van der Waals surface area contributed by atoms with E-state index in [1.165, 1.54) is 6.92 Å². The van der Waals surface area contributed by atoms with Crippen molar-refractivity contribution in [3.63, 3.8) is 0 Å². The quantitative estimate of drug-likeness (QED) is 0.769. The van der Waals surface area contributed by atoms with Crippen LogP contribution in [0.3, 0.4) is 0 Å². The highest BCUT2D eigenvalue weighted by molar-refractivity contribution is 6.19. The van der Waals surface area contributed by atoms with Gasteiger partial charge in [-0.05, 0) is 42.5 Å². The molecule has 1 amide bonds. The third-order valence-corrected chi connectivity index (χ3v) is 5.05. The molecule has 142 valence electrons. The van der Waals surface area contributed by atoms with Gasteiger partial charge in [-0.1, -0.05) is 18.2 Å². The molecule has 1 unspecified atom stereocenters. The lowest BCUT2D eigenvalue weighted by Crippen LogP contribution is -2.59. The summed E-state index contributed by atoms with van der Waals surface area (Å²) in [5.74, 6) is -3.21. The summed E-state index contributed by atoms with van der Waals surface area (Å²) in [4.78, 5) is 37.5. The van der Waals surface area contributed by atoms with Gasteiger partial charge < -0.3 is 11.1 Å². The number of fused-ring (bicyclic) bond motifs is 1. The van der Waals surface area contributed by atoms with E-state index in [1.54, 1.807) is 12.2 Å². The summed E-state index contributed by atoms with van der Waals surface area (Å²) < 4.78 is 26.5. The van der Waals surface area contributed by atoms with Crippen molar-refractivity contribution in [2.45, 2.75) is 37.8 Å². The second-order valence-corrected chi connectivity index (χ2v) is 7.03. The maximum absolute atomic E-state index is 13.2. The summed E-state index contributed by atoms with van der Waals surface area (Å²) in [6.45, 7) is 1.45. The molecule has 1 aromatic carbocycles. The van der Waals surface area contributed by atoms with Gasteiger partial charge in [-0.25, -0.2) is 8.78 Å². The molecule has 7 heteroatoms. The topological polar surface area (TPSA) is 89.3 Å². The number of rotatable bonds is 5. The largest absolute Gasteiger partial charge is 0.346 e. The molecule has 27 heavy (non-hydrogen) atoms. The van der Waals surface area contributed by atoms with E-state index in [0.29, 0.717) is 18.1 Å². The standard InChI is InChI=1S/C20H20F2N2O3/c1-11(24-18(26)8-12-6-14(21)10-15(22)7-12)19(27)20(23)16-5-3-2-4-13(16)9-17(20)25/h2-3,5-7,10-11,13H,4,8-9,23H2,1H3,(H,24,26)/t11-,13?,20-/m0/s1. The van der Waals surface area contributed by atoms with Gasteiger partial charge in [0.25, 0.3) is 0 Å². The zero-order valence-electron chi connectivity index (χ0n) is 14.8. The van der Waals surface area contributed by atoms with Crippen LogP contribution in [-0.2, 0) is 20.8 Å². The molecule has 2 aliphatic carbocycles. The molecule has 3 N–H and O–H groups in total. The van der Waals surface area contributed by atoms with E-state index >= 15 is 0 Å². The highest BCUT2D eigenvalue weighted by Crippen LogP contribution is 2.40. The predicted molar refractivity (Wildman–Crippen MR) is 94.5 cm³/mol. The van der Waals surface area contributed by atoms with Crippen LogP contribution >= 0.6 is 0 Å². The number of carbonyl (C=O) groups is 3. The van der Waals surface area contributed by atoms with E-state index in [9.17, 15) is 23.2 Å². The van der Waals surface area contributed by atoms with E-state index in [4.69, 9.17) is 5.73 Å². The maximum atomic E-state index is 13.2. The summed E-state index contributed by atoms with van der Waals surface area (Å²) in [5, 5.41) is 2.47. The minimum absolute atomic E-state index is 0.0883. The number of ketones is 2. The molecule has 0 saturated heterocycles. The fraction of sp³-hybridized carbons (Fsp3) is 0.350. The number of Topliss-reactive ketones (excluding diaryl/α,β-unsaturated/α-hetero) is 2. The molecule has 1 fully saturated rings. The third kappa shape index (κ3) is 3.60. The number of nitrogens with two attached hydrogens (primary N) is 1. The fourth-order valence-electron chi connectivity index (χ4n) is 3.75. The van der Waals surface area contributed by atoms with E-state index in [-0.39, 0.29) is 30.1 Å². The second kappa shape index (κ2) is 7.15. The van der Waals surface area contributed by atoms with Crippen molar-refractivity contribution < 1.29 is 23.2 Å². The van der Waals surface area contributed by atoms with Crippen LogP contribution in [0.4, 0.5) is 8.78 Å². The summed E-state index contributed by atoms with van der Waals surface area (Å²) in [5.41, 5.74) is 5.19. The van der Waals surface area contributed by atoms with Crippen LogP contribution in [0.2, 0.25) is 0 Å². The Hall–Kier alpha value is -2.67. The maximum Gasteiger partial charge on any atom is 0.224 e. The van der Waals surface area contributed by atoms with Crippen molar-refractivity contribution in [1.82, 2.24) is 5.32 Å². The lowest BCUT2D eigenvalue weighted by Gasteiger charge is -2.28. The van der Waals surface area contributed by atoms with Gasteiger partial charge in [-0.15, -0.1) is 0 Å². The average molecular weight is 374 g/mol. The van der Waals surface area contributed by atoms with Gasteiger partial charge in [-0.3, -0.25) is 14.4 Å². The molecule has 5 nitrogen and oxygen atoms in total. The normalized spacial score (nSPS) is 25.0. The van der Waals surface area contributed by atoms with Crippen LogP contribution in [0.25, 0.3) is 0 Å². The minimum Gasteiger partial charge on any atom is -0.346 e. The second-order valence-electron chi connectivity index (χ2n) is 7.03. The van der Waals surface area contributed by atoms with Crippen LogP contribution in [0.1, 0.15) is 25.3 Å². The Morgan fingerprint density at radius 3 is 2.63 bits per heavy atom. The average Bonchev–Trinajstić information content (AvgIpc) is 2.85. The van der Waals surface area contributed by atoms with Gasteiger partial charge in [0.15, 0.2) is 17.1 Å². The van der Waals surface area contributed by atoms with Gasteiger partial charge in [0, 0.05) is 12.5 Å². The summed E-state index contributed by atoms with van der Waals surface area (Å²) in [6.07, 6.45) is 5.92. The molecule has 1 aromatic rings. The van der Waals surface area contributed by atoms with Crippen molar-refractivity contribution in [3.05, 3.63) is 59.2 Å². The number of amides is 1. The van der Waals surface area contributed by atoms with Crippen LogP contribution in [-0.4, -0.2) is 29.1 Å². The van der Waals surface area contributed by atoms with Crippen molar-refractivity contribution in [1.29, 1.82) is 0 Å². The highest BCUT2D eigenvalue weighted by atomic mass is 19.1. The number of benzene rings is 1. The smallest absolute Gasteiger partial charge is 0.224 e. The van der Waals surface area contributed by atoms with Crippen molar-refractivity contribution in [2.24, 2.45) is 11.7 Å². The van der Waals surface area contributed by atoms with Gasteiger partial charge >= 0.3 is 0 Å². The first-order valence-corrected chi connectivity index (χ1v) is 8.70. The zero-order chi connectivity index (χ0) is 19.8. The molecular formula is C20H20F2N2O3. The van der Waals surface area contributed by atoms with Gasteiger partial charge in [0.1, 0.15) is 11.6 Å². The monoisotopic (exact) mass is 374 g/mol. The zero-order valence-corrected chi connectivity index (χ0v) is 14.8. The van der Waals surface area contributed by atoms with Crippen LogP contribution in [0.5, 0.6) is 0 Å². The SMILES string of the molecule is C[C@H](NC(=O)Cc1cc(F)cc(F)c1)C(=O)[C@@]1(N)C(=O)CC2CC=CC=C21. The Morgan fingerprint density at radius 2 is 1.96 bits per heavy atom. The van der Waals surface area contributed by atoms with E-state index < -0.39 is 34.9 Å². The van der Waals surface area contributed by atoms with E-state index in [2.05, 4.69) is 5.32 Å². The Balaban J connectivity index is 1.71. The van der Waals surface area contributed by atoms with Crippen LogP contribution < -0.4 is 11.1 Å². The van der Waals surface area contributed by atoms with Gasteiger partial charge in [0.2, 0.25) is 5.91 Å². The fourth-order valence-corrected chi connectivity index (χ4v) is 3.75. The summed E-state index contributed by atoms with van der Waals surface area (Å²) in [7, 11) is 0. The first kappa shape index (κ1) is 19.1. The minimum atomic E-state index is -1.74.